The number of rotatable bonds is 4. The van der Waals surface area contributed by atoms with Crippen LogP contribution in [0.15, 0.2) is 23.1 Å². The van der Waals surface area contributed by atoms with Crippen LogP contribution in [-0.2, 0) is 10.8 Å². The molecule has 0 aliphatic carbocycles. The van der Waals surface area contributed by atoms with E-state index in [4.69, 9.17) is 5.73 Å². The van der Waals surface area contributed by atoms with Gasteiger partial charge < -0.3 is 5.73 Å². The molecule has 0 heterocycles. The summed E-state index contributed by atoms with van der Waals surface area (Å²) in [5.41, 5.74) is 5.03. The molecule has 0 spiro atoms. The van der Waals surface area contributed by atoms with Crippen LogP contribution in [-0.4, -0.2) is 22.2 Å². The third-order valence-electron chi connectivity index (χ3n) is 2.18. The molecule has 0 radical (unpaired) electrons. The molecule has 2 atom stereocenters. The number of hydrogen-bond donors (Lipinski definition) is 1. The van der Waals surface area contributed by atoms with Gasteiger partial charge in [0.05, 0.1) is 10.8 Å². The predicted octanol–water partition coefficient (Wildman–Crippen LogP) is 2.35. The van der Waals surface area contributed by atoms with Crippen molar-refractivity contribution in [2.45, 2.75) is 22.7 Å². The minimum atomic E-state index is -4.71. The third-order valence-corrected chi connectivity index (χ3v) is 3.91. The molecule has 1 aromatic carbocycles. The van der Waals surface area contributed by atoms with Crippen LogP contribution in [0.5, 0.6) is 0 Å². The predicted molar refractivity (Wildman–Crippen MR) is 56.3 cm³/mol. The highest BCUT2D eigenvalue weighted by Crippen LogP contribution is 2.30. The maximum absolute atomic E-state index is 12.9. The fourth-order valence-corrected chi connectivity index (χ4v) is 2.65. The third kappa shape index (κ3) is 3.49. The van der Waals surface area contributed by atoms with Gasteiger partial charge in [0.15, 0.2) is 11.6 Å². The van der Waals surface area contributed by atoms with Gasteiger partial charge in [0.1, 0.15) is 5.25 Å². The molecule has 0 fully saturated rings. The van der Waals surface area contributed by atoms with Gasteiger partial charge in [-0.05, 0) is 31.2 Å². The molecular formula is C10H10F5NOS. The molecule has 0 saturated heterocycles. The monoisotopic (exact) mass is 287 g/mol. The molecular weight excluding hydrogens is 277 g/mol. The molecule has 1 aromatic rings. The van der Waals surface area contributed by atoms with Crippen LogP contribution in [0.4, 0.5) is 22.0 Å². The van der Waals surface area contributed by atoms with Gasteiger partial charge in [-0.3, -0.25) is 4.21 Å². The van der Waals surface area contributed by atoms with E-state index in [1.54, 1.807) is 0 Å². The Bertz CT molecular complexity index is 448. The van der Waals surface area contributed by atoms with Gasteiger partial charge in [-0.2, -0.15) is 13.2 Å². The molecule has 0 aliphatic rings. The van der Waals surface area contributed by atoms with E-state index in [1.807, 2.05) is 0 Å². The quantitative estimate of drug-likeness (QED) is 0.864. The molecule has 8 heteroatoms. The second-order valence-electron chi connectivity index (χ2n) is 3.48. The molecule has 0 aromatic heterocycles. The van der Waals surface area contributed by atoms with E-state index >= 15 is 0 Å². The second kappa shape index (κ2) is 5.75. The Morgan fingerprint density at radius 3 is 2.28 bits per heavy atom. The van der Waals surface area contributed by atoms with Crippen molar-refractivity contribution < 1.29 is 26.2 Å². The van der Waals surface area contributed by atoms with Crippen molar-refractivity contribution in [1.29, 1.82) is 0 Å². The fraction of sp³-hybridized carbons (Fsp3) is 0.400. The Labute approximate surface area is 102 Å². The van der Waals surface area contributed by atoms with E-state index in [0.717, 1.165) is 6.07 Å². The molecule has 0 amide bonds. The van der Waals surface area contributed by atoms with E-state index in [1.165, 1.54) is 0 Å². The highest BCUT2D eigenvalue weighted by Gasteiger charge is 2.43. The van der Waals surface area contributed by atoms with Crippen molar-refractivity contribution in [2.24, 2.45) is 5.73 Å². The average molecular weight is 287 g/mol. The number of alkyl halides is 3. The van der Waals surface area contributed by atoms with Crippen molar-refractivity contribution in [3.05, 3.63) is 29.8 Å². The molecule has 2 nitrogen and oxygen atoms in total. The summed E-state index contributed by atoms with van der Waals surface area (Å²) in [5, 5.41) is -2.19. The smallest absolute Gasteiger partial charge is 0.330 e. The largest absolute Gasteiger partial charge is 0.403 e. The second-order valence-corrected chi connectivity index (χ2v) is 5.12. The normalized spacial score (nSPS) is 15.4. The average Bonchev–Trinajstić information content (AvgIpc) is 2.27. The van der Waals surface area contributed by atoms with Crippen LogP contribution >= 0.6 is 0 Å². The minimum absolute atomic E-state index is 0.306. The Balaban J connectivity index is 3.06. The molecule has 2 unspecified atom stereocenters. The summed E-state index contributed by atoms with van der Waals surface area (Å²) in [7, 11) is -2.52. The number of benzene rings is 1. The number of nitrogens with two attached hydrogens (primary N) is 1. The first-order valence-corrected chi connectivity index (χ1v) is 6.11. The minimum Gasteiger partial charge on any atom is -0.330 e. The van der Waals surface area contributed by atoms with Gasteiger partial charge in [-0.1, -0.05) is 0 Å². The van der Waals surface area contributed by atoms with Gasteiger partial charge in [0.2, 0.25) is 0 Å². The fourth-order valence-electron chi connectivity index (χ4n) is 1.31. The number of halogens is 5. The lowest BCUT2D eigenvalue weighted by molar-refractivity contribution is -0.130. The summed E-state index contributed by atoms with van der Waals surface area (Å²) < 4.78 is 75.0. The molecule has 0 bridgehead atoms. The Kier molecular flexibility index (Phi) is 4.80. The lowest BCUT2D eigenvalue weighted by atomic mass is 10.3. The highest BCUT2D eigenvalue weighted by atomic mass is 32.2. The Morgan fingerprint density at radius 1 is 1.22 bits per heavy atom. The first-order chi connectivity index (χ1) is 8.27. The van der Waals surface area contributed by atoms with E-state index in [9.17, 15) is 26.2 Å². The van der Waals surface area contributed by atoms with Gasteiger partial charge in [-0.15, -0.1) is 0 Å². The van der Waals surface area contributed by atoms with Crippen LogP contribution in [0, 0.1) is 11.6 Å². The summed E-state index contributed by atoms with van der Waals surface area (Å²) in [6.45, 7) is -0.306. The SMILES string of the molecule is NCCC(S(=O)c1ccc(F)c(F)c1)C(F)(F)F. The zero-order valence-electron chi connectivity index (χ0n) is 9.01. The van der Waals surface area contributed by atoms with Crippen LogP contribution in [0.2, 0.25) is 0 Å². The summed E-state index contributed by atoms with van der Waals surface area (Å²) in [6.07, 6.45) is -5.26. The molecule has 0 saturated carbocycles. The molecule has 18 heavy (non-hydrogen) atoms. The summed E-state index contributed by atoms with van der Waals surface area (Å²) in [5.74, 6) is -2.55. The summed E-state index contributed by atoms with van der Waals surface area (Å²) >= 11 is 0. The lowest BCUT2D eigenvalue weighted by Crippen LogP contribution is -2.35. The lowest BCUT2D eigenvalue weighted by Gasteiger charge is -2.19. The highest BCUT2D eigenvalue weighted by molar-refractivity contribution is 7.85. The number of hydrogen-bond acceptors (Lipinski definition) is 2. The first kappa shape index (κ1) is 15.0. The molecule has 102 valence electrons. The van der Waals surface area contributed by atoms with Crippen molar-refractivity contribution in [3.8, 4) is 0 Å². The zero-order chi connectivity index (χ0) is 13.9. The van der Waals surface area contributed by atoms with E-state index in [-0.39, 0.29) is 6.54 Å². The van der Waals surface area contributed by atoms with Gasteiger partial charge >= 0.3 is 6.18 Å². The summed E-state index contributed by atoms with van der Waals surface area (Å²) in [4.78, 5) is -0.412. The van der Waals surface area contributed by atoms with Crippen molar-refractivity contribution in [1.82, 2.24) is 0 Å². The molecule has 2 N–H and O–H groups in total. The Hall–Kier alpha value is -1.02. The maximum Gasteiger partial charge on any atom is 0.403 e. The molecule has 1 rings (SSSR count). The summed E-state index contributed by atoms with van der Waals surface area (Å²) in [6, 6.07) is 2.00. The van der Waals surface area contributed by atoms with Crippen LogP contribution in [0.1, 0.15) is 6.42 Å². The van der Waals surface area contributed by atoms with E-state index in [2.05, 4.69) is 0 Å². The first-order valence-electron chi connectivity index (χ1n) is 4.89. The van der Waals surface area contributed by atoms with Crippen LogP contribution in [0.25, 0.3) is 0 Å². The molecule has 0 aliphatic heterocycles. The van der Waals surface area contributed by atoms with Gasteiger partial charge in [0.25, 0.3) is 0 Å². The van der Waals surface area contributed by atoms with Crippen molar-refractivity contribution in [2.75, 3.05) is 6.54 Å². The maximum atomic E-state index is 12.9. The zero-order valence-corrected chi connectivity index (χ0v) is 9.82. The van der Waals surface area contributed by atoms with E-state index in [0.29, 0.717) is 12.1 Å². The van der Waals surface area contributed by atoms with Crippen LogP contribution in [0.3, 0.4) is 0 Å². The topological polar surface area (TPSA) is 43.1 Å². The van der Waals surface area contributed by atoms with Crippen molar-refractivity contribution >= 4 is 10.8 Å². The van der Waals surface area contributed by atoms with E-state index < -0.39 is 45.2 Å². The van der Waals surface area contributed by atoms with Gasteiger partial charge in [0, 0.05) is 4.90 Å². The van der Waals surface area contributed by atoms with Crippen LogP contribution < -0.4 is 5.73 Å². The standard InChI is InChI=1S/C10H10F5NOS/c11-7-2-1-6(5-8(7)12)18(17)9(3-4-16)10(13,14)15/h1-2,5,9H,3-4,16H2. The van der Waals surface area contributed by atoms with Crippen molar-refractivity contribution in [3.63, 3.8) is 0 Å². The Morgan fingerprint density at radius 2 is 1.83 bits per heavy atom. The van der Waals surface area contributed by atoms with Gasteiger partial charge in [-0.25, -0.2) is 8.78 Å².